The fourth-order valence-corrected chi connectivity index (χ4v) is 4.61. The Labute approximate surface area is 162 Å². The zero-order valence-electron chi connectivity index (χ0n) is 16.8. The number of carbonyl (C=O) groups excluding carboxylic acids is 1. The van der Waals surface area contributed by atoms with Crippen LogP contribution in [-0.2, 0) is 4.79 Å². The molecule has 150 valence electrons. The highest BCUT2D eigenvalue weighted by Gasteiger charge is 2.46. The molecule has 3 heterocycles. The Morgan fingerprint density at radius 3 is 2.67 bits per heavy atom. The van der Waals surface area contributed by atoms with E-state index in [9.17, 15) is 4.79 Å². The van der Waals surface area contributed by atoms with Crippen molar-refractivity contribution in [3.8, 4) is 5.75 Å². The molecule has 3 fully saturated rings. The van der Waals surface area contributed by atoms with E-state index < -0.39 is 0 Å². The number of hydrogen-bond acceptors (Lipinski definition) is 5. The summed E-state index contributed by atoms with van der Waals surface area (Å²) in [6.07, 6.45) is 1.14. The lowest BCUT2D eigenvalue weighted by molar-refractivity contribution is -0.130. The molecule has 0 spiro atoms. The van der Waals surface area contributed by atoms with Crippen molar-refractivity contribution >= 4 is 11.6 Å². The number of fused-ring (bicyclic) bond motifs is 4. The molecule has 0 aliphatic carbocycles. The Kier molecular flexibility index (Phi) is 6.27. The molecule has 6 heteroatoms. The van der Waals surface area contributed by atoms with E-state index in [1.807, 2.05) is 24.0 Å². The van der Waals surface area contributed by atoms with Crippen LogP contribution >= 0.6 is 0 Å². The number of piperidine rings is 1. The van der Waals surface area contributed by atoms with E-state index in [0.717, 1.165) is 31.8 Å². The van der Waals surface area contributed by atoms with Crippen molar-refractivity contribution in [2.75, 3.05) is 50.8 Å². The molecule has 27 heavy (non-hydrogen) atoms. The third kappa shape index (κ3) is 4.55. The minimum absolute atomic E-state index is 0.0527. The average molecular weight is 376 g/mol. The van der Waals surface area contributed by atoms with Gasteiger partial charge in [0.2, 0.25) is 5.91 Å². The standard InChI is InChI=1S/C21H33N3O3/c1-4-27-18-7-5-17(6-8-18)24-14-16-11-21(2,3)19(24)15-23(13-16)20(26)12-22-9-10-25/h5-8,16,19,22,25H,4,9-15H2,1-3H3/t16?,19-/m1/s1. The van der Waals surface area contributed by atoms with Gasteiger partial charge >= 0.3 is 0 Å². The van der Waals surface area contributed by atoms with Crippen molar-refractivity contribution in [3.63, 3.8) is 0 Å². The summed E-state index contributed by atoms with van der Waals surface area (Å²) in [5.74, 6) is 1.49. The summed E-state index contributed by atoms with van der Waals surface area (Å²) in [6.45, 7) is 10.6. The van der Waals surface area contributed by atoms with E-state index in [0.29, 0.717) is 25.6 Å². The van der Waals surface area contributed by atoms with Crippen molar-refractivity contribution in [1.29, 1.82) is 0 Å². The largest absolute Gasteiger partial charge is 0.494 e. The van der Waals surface area contributed by atoms with Gasteiger partial charge in [-0.1, -0.05) is 13.8 Å². The number of aliphatic hydroxyl groups is 1. The van der Waals surface area contributed by atoms with Crippen LogP contribution in [0.1, 0.15) is 27.2 Å². The molecule has 1 aromatic carbocycles. The third-order valence-electron chi connectivity index (χ3n) is 5.82. The fraction of sp³-hybridized carbons (Fsp3) is 0.667. The zero-order chi connectivity index (χ0) is 19.4. The van der Waals surface area contributed by atoms with Gasteiger partial charge in [-0.3, -0.25) is 4.79 Å². The first kappa shape index (κ1) is 20.0. The number of rotatable bonds is 7. The summed E-state index contributed by atoms with van der Waals surface area (Å²) >= 11 is 0. The van der Waals surface area contributed by atoms with Crippen molar-refractivity contribution in [3.05, 3.63) is 24.3 Å². The van der Waals surface area contributed by atoms with E-state index in [1.54, 1.807) is 0 Å². The zero-order valence-corrected chi connectivity index (χ0v) is 16.8. The lowest BCUT2D eigenvalue weighted by Gasteiger charge is -2.48. The van der Waals surface area contributed by atoms with Gasteiger partial charge < -0.3 is 25.0 Å². The monoisotopic (exact) mass is 375 g/mol. The predicted molar refractivity (Wildman–Crippen MR) is 107 cm³/mol. The lowest BCUT2D eigenvalue weighted by Crippen LogP contribution is -2.54. The normalized spacial score (nSPS) is 24.0. The molecule has 0 radical (unpaired) electrons. The molecule has 1 unspecified atom stereocenters. The van der Waals surface area contributed by atoms with Gasteiger partial charge in [0.05, 0.1) is 25.8 Å². The number of hydrogen-bond donors (Lipinski definition) is 2. The molecule has 3 aliphatic heterocycles. The SMILES string of the molecule is CCOc1ccc(N2CC3CN(C(=O)CNCCO)C[C@@H]2C(C)(C)C3)cc1. The summed E-state index contributed by atoms with van der Waals surface area (Å²) < 4.78 is 5.57. The number of aliphatic hydroxyl groups excluding tert-OH is 1. The van der Waals surface area contributed by atoms with Gasteiger partial charge in [0.1, 0.15) is 5.75 Å². The van der Waals surface area contributed by atoms with Crippen LogP contribution < -0.4 is 15.0 Å². The highest BCUT2D eigenvalue weighted by molar-refractivity contribution is 5.78. The highest BCUT2D eigenvalue weighted by Crippen LogP contribution is 2.43. The minimum Gasteiger partial charge on any atom is -0.494 e. The smallest absolute Gasteiger partial charge is 0.236 e. The quantitative estimate of drug-likeness (QED) is 0.711. The molecule has 6 nitrogen and oxygen atoms in total. The molecule has 3 saturated heterocycles. The minimum atomic E-state index is 0.0527. The van der Waals surface area contributed by atoms with Crippen LogP contribution in [0.15, 0.2) is 24.3 Å². The Bertz CT molecular complexity index is 632. The van der Waals surface area contributed by atoms with Gasteiger partial charge in [0, 0.05) is 31.9 Å². The van der Waals surface area contributed by atoms with Crippen molar-refractivity contribution in [1.82, 2.24) is 10.2 Å². The summed E-state index contributed by atoms with van der Waals surface area (Å²) in [7, 11) is 0. The molecule has 2 bridgehead atoms. The van der Waals surface area contributed by atoms with Crippen LogP contribution in [0.5, 0.6) is 5.75 Å². The van der Waals surface area contributed by atoms with Crippen LogP contribution in [0.2, 0.25) is 0 Å². The second-order valence-corrected chi connectivity index (χ2v) is 8.35. The topological polar surface area (TPSA) is 65.0 Å². The molecule has 2 atom stereocenters. The molecule has 4 rings (SSSR count). The first-order valence-corrected chi connectivity index (χ1v) is 10.0. The maximum Gasteiger partial charge on any atom is 0.236 e. The molecule has 1 amide bonds. The van der Waals surface area contributed by atoms with Gasteiger partial charge in [-0.2, -0.15) is 0 Å². The van der Waals surface area contributed by atoms with Gasteiger partial charge in [-0.25, -0.2) is 0 Å². The van der Waals surface area contributed by atoms with Crippen LogP contribution in [0.3, 0.4) is 0 Å². The van der Waals surface area contributed by atoms with Gasteiger partial charge in [0.15, 0.2) is 0 Å². The first-order chi connectivity index (χ1) is 12.9. The number of nitrogens with zero attached hydrogens (tertiary/aromatic N) is 2. The van der Waals surface area contributed by atoms with Gasteiger partial charge in [0.25, 0.3) is 0 Å². The number of benzene rings is 1. The number of ether oxygens (including phenoxy) is 1. The Balaban J connectivity index is 1.77. The fourth-order valence-electron chi connectivity index (χ4n) is 4.61. The first-order valence-electron chi connectivity index (χ1n) is 10.0. The van der Waals surface area contributed by atoms with Crippen LogP contribution in [-0.4, -0.2) is 67.9 Å². The average Bonchev–Trinajstić information content (AvgIpc) is 2.90. The van der Waals surface area contributed by atoms with Gasteiger partial charge in [-0.05, 0) is 48.9 Å². The maximum absolute atomic E-state index is 12.7. The Morgan fingerprint density at radius 1 is 1.26 bits per heavy atom. The second kappa shape index (κ2) is 8.48. The molecule has 2 N–H and O–H groups in total. The molecular weight excluding hydrogens is 342 g/mol. The van der Waals surface area contributed by atoms with Crippen LogP contribution in [0.4, 0.5) is 5.69 Å². The molecule has 0 saturated carbocycles. The summed E-state index contributed by atoms with van der Waals surface area (Å²) in [5.41, 5.74) is 1.35. The number of nitrogens with one attached hydrogen (secondary N) is 1. The van der Waals surface area contributed by atoms with Crippen molar-refractivity contribution in [2.45, 2.75) is 33.2 Å². The number of amides is 1. The molecular formula is C21H33N3O3. The van der Waals surface area contributed by atoms with Crippen LogP contribution in [0.25, 0.3) is 0 Å². The molecule has 0 aromatic heterocycles. The Hall–Kier alpha value is -1.79. The molecule has 1 aromatic rings. The number of carbonyl (C=O) groups is 1. The lowest BCUT2D eigenvalue weighted by atomic mass is 9.73. The van der Waals surface area contributed by atoms with Crippen molar-refractivity contribution < 1.29 is 14.6 Å². The van der Waals surface area contributed by atoms with Gasteiger partial charge in [-0.15, -0.1) is 0 Å². The summed E-state index contributed by atoms with van der Waals surface area (Å²) in [5, 5.41) is 11.9. The van der Waals surface area contributed by atoms with E-state index >= 15 is 0 Å². The second-order valence-electron chi connectivity index (χ2n) is 8.35. The molecule has 3 aliphatic rings. The van der Waals surface area contributed by atoms with E-state index in [4.69, 9.17) is 9.84 Å². The third-order valence-corrected chi connectivity index (χ3v) is 5.82. The van der Waals surface area contributed by atoms with Crippen molar-refractivity contribution in [2.24, 2.45) is 11.3 Å². The van der Waals surface area contributed by atoms with E-state index in [1.165, 1.54) is 5.69 Å². The Morgan fingerprint density at radius 2 is 2.00 bits per heavy atom. The summed E-state index contributed by atoms with van der Waals surface area (Å²) in [6, 6.07) is 8.63. The maximum atomic E-state index is 12.7. The van der Waals surface area contributed by atoms with E-state index in [-0.39, 0.29) is 24.0 Å². The van der Waals surface area contributed by atoms with Crippen LogP contribution in [0, 0.1) is 11.3 Å². The highest BCUT2D eigenvalue weighted by atomic mass is 16.5. The number of anilines is 1. The summed E-state index contributed by atoms with van der Waals surface area (Å²) in [4.78, 5) is 17.2. The van der Waals surface area contributed by atoms with E-state index in [2.05, 4.69) is 36.2 Å². The predicted octanol–water partition coefficient (Wildman–Crippen LogP) is 1.73.